The molecule has 0 saturated heterocycles. The molecule has 1 rings (SSSR count). The number of hydrogen-bond donors (Lipinski definition) is 5. The molecule has 5 N–H and O–H groups in total. The van der Waals surface area contributed by atoms with Crippen molar-refractivity contribution in [3.8, 4) is 0 Å². The fraction of sp³-hybridized carbons (Fsp3) is 0.533. The van der Waals surface area contributed by atoms with Crippen molar-refractivity contribution in [2.75, 3.05) is 13.7 Å². The molecule has 0 radical (unpaired) electrons. The Morgan fingerprint density at radius 2 is 2.25 bits per heavy atom. The molecular weight excluding hydrogens is 320 g/mol. The van der Waals surface area contributed by atoms with E-state index >= 15 is 0 Å². The van der Waals surface area contributed by atoms with Gasteiger partial charge in [0.2, 0.25) is 5.76 Å². The van der Waals surface area contributed by atoms with Gasteiger partial charge in [0.05, 0.1) is 32.0 Å². The fourth-order valence-electron chi connectivity index (χ4n) is 2.30. The number of rotatable bonds is 8. The van der Waals surface area contributed by atoms with Crippen LogP contribution in [0.5, 0.6) is 0 Å². The highest BCUT2D eigenvalue weighted by Gasteiger charge is 2.43. The Morgan fingerprint density at radius 1 is 1.58 bits per heavy atom. The van der Waals surface area contributed by atoms with E-state index in [1.165, 1.54) is 19.1 Å². The van der Waals surface area contributed by atoms with Crippen LogP contribution in [0.2, 0.25) is 0 Å². The summed E-state index contributed by atoms with van der Waals surface area (Å²) in [6.07, 6.45) is -1.85. The zero-order valence-electron chi connectivity index (χ0n) is 13.4. The maximum atomic E-state index is 11.8. The molecule has 0 aliphatic carbocycles. The van der Waals surface area contributed by atoms with Crippen molar-refractivity contribution in [1.82, 2.24) is 10.6 Å². The number of allylic oxidation sites excluding steroid dienone is 1. The van der Waals surface area contributed by atoms with Gasteiger partial charge in [0.25, 0.3) is 0 Å². The quantitative estimate of drug-likeness (QED) is 0.249. The summed E-state index contributed by atoms with van der Waals surface area (Å²) in [7, 11) is 1.17. The highest BCUT2D eigenvalue weighted by Crippen LogP contribution is 2.24. The number of methoxy groups -OCH3 is 1. The van der Waals surface area contributed by atoms with Gasteiger partial charge >= 0.3 is 5.97 Å². The van der Waals surface area contributed by atoms with Gasteiger partial charge in [-0.15, -0.1) is 0 Å². The normalized spacial score (nSPS) is 25.2. The number of carbonyl (C=O) groups excluding carboxylic acids is 2. The molecule has 1 aliphatic heterocycles. The third kappa shape index (κ3) is 4.84. The molecule has 9 heteroatoms. The van der Waals surface area contributed by atoms with E-state index in [0.29, 0.717) is 5.70 Å². The summed E-state index contributed by atoms with van der Waals surface area (Å²) < 4.78 is 10.0. The Balaban J connectivity index is 3.25. The van der Waals surface area contributed by atoms with Crippen molar-refractivity contribution in [2.24, 2.45) is 0 Å². The molecule has 5 atom stereocenters. The van der Waals surface area contributed by atoms with Crippen LogP contribution in [0.4, 0.5) is 0 Å². The summed E-state index contributed by atoms with van der Waals surface area (Å²) in [6.45, 7) is 4.68. The fourth-order valence-corrected chi connectivity index (χ4v) is 2.30. The van der Waals surface area contributed by atoms with Gasteiger partial charge in [0, 0.05) is 5.70 Å². The molecule has 1 aliphatic rings. The molecule has 0 aromatic heterocycles. The molecule has 1 heterocycles. The summed E-state index contributed by atoms with van der Waals surface area (Å²) in [6, 6.07) is -1.40. The molecule has 0 bridgehead atoms. The average Bonchev–Trinajstić information content (AvgIpc) is 2.57. The third-order valence-corrected chi connectivity index (χ3v) is 3.39. The van der Waals surface area contributed by atoms with Crippen LogP contribution < -0.4 is 10.6 Å². The molecule has 0 spiro atoms. The first-order chi connectivity index (χ1) is 11.3. The van der Waals surface area contributed by atoms with Gasteiger partial charge in [-0.1, -0.05) is 6.58 Å². The van der Waals surface area contributed by atoms with E-state index in [4.69, 9.17) is 9.84 Å². The molecule has 134 valence electrons. The van der Waals surface area contributed by atoms with E-state index in [0.717, 1.165) is 6.20 Å². The predicted molar refractivity (Wildman–Crippen MR) is 83.0 cm³/mol. The summed E-state index contributed by atoms with van der Waals surface area (Å²) >= 11 is 0. The first-order valence-electron chi connectivity index (χ1n) is 7.16. The number of esters is 1. The van der Waals surface area contributed by atoms with Crippen molar-refractivity contribution in [1.29, 1.82) is 0 Å². The number of hydrogen-bond acceptors (Lipinski definition) is 9. The largest absolute Gasteiger partial charge is 0.478 e. The monoisotopic (exact) mass is 342 g/mol. The Labute approximate surface area is 139 Å². The van der Waals surface area contributed by atoms with Crippen LogP contribution in [-0.4, -0.2) is 71.3 Å². The average molecular weight is 342 g/mol. The molecular formula is C15H22N2O7. The second-order valence-corrected chi connectivity index (χ2v) is 5.25. The van der Waals surface area contributed by atoms with Gasteiger partial charge in [-0.3, -0.25) is 0 Å². The van der Waals surface area contributed by atoms with E-state index < -0.39 is 43.0 Å². The van der Waals surface area contributed by atoms with Gasteiger partial charge in [0.15, 0.2) is 0 Å². The van der Waals surface area contributed by atoms with Gasteiger partial charge in [-0.05, 0) is 13.0 Å². The lowest BCUT2D eigenvalue weighted by Gasteiger charge is -2.40. The number of aliphatic hydroxyl groups is 3. The third-order valence-electron chi connectivity index (χ3n) is 3.39. The summed E-state index contributed by atoms with van der Waals surface area (Å²) in [5, 5.41) is 34.6. The van der Waals surface area contributed by atoms with E-state index in [2.05, 4.69) is 21.9 Å². The first kappa shape index (κ1) is 19.7. The highest BCUT2D eigenvalue weighted by atomic mass is 16.6. The lowest BCUT2D eigenvalue weighted by Crippen LogP contribution is -2.61. The molecule has 0 aromatic rings. The van der Waals surface area contributed by atoms with Gasteiger partial charge < -0.3 is 35.4 Å². The van der Waals surface area contributed by atoms with Crippen LogP contribution in [0.15, 0.2) is 30.3 Å². The topological polar surface area (TPSA) is 137 Å². The van der Waals surface area contributed by atoms with Crippen LogP contribution in [0.1, 0.15) is 6.92 Å². The Bertz CT molecular complexity index is 542. The molecule has 0 fully saturated rings. The van der Waals surface area contributed by atoms with E-state index in [1.807, 2.05) is 0 Å². The highest BCUT2D eigenvalue weighted by molar-refractivity contribution is 5.86. The van der Waals surface area contributed by atoms with Gasteiger partial charge in [-0.2, -0.15) is 0 Å². The van der Waals surface area contributed by atoms with Crippen molar-refractivity contribution in [3.05, 3.63) is 30.3 Å². The number of aliphatic hydroxyl groups excluding tert-OH is 3. The molecule has 0 aromatic carbocycles. The molecule has 24 heavy (non-hydrogen) atoms. The number of nitrogens with one attached hydrogen (secondary N) is 2. The lowest BCUT2D eigenvalue weighted by molar-refractivity contribution is -0.148. The standard InChI is InChI=1S/C15H22N2O7/c1-8(2)17-9-6-11(15(22)23-3)24-14(12(9)16-4-5-18)13(21)10(20)7-19/h4,6,9-10,12-14,16-17,19-21H,1,7H2,2-3H3/t9?,10?,12?,13?,14-/m1/s1. The minimum Gasteiger partial charge on any atom is -0.478 e. The second-order valence-electron chi connectivity index (χ2n) is 5.25. The first-order valence-corrected chi connectivity index (χ1v) is 7.16. The van der Waals surface area contributed by atoms with Crippen molar-refractivity contribution in [3.63, 3.8) is 0 Å². The van der Waals surface area contributed by atoms with Crippen LogP contribution in [0, 0.1) is 0 Å². The number of ether oxygens (including phenoxy) is 2. The minimum atomic E-state index is -1.55. The molecule has 0 amide bonds. The van der Waals surface area contributed by atoms with E-state index in [1.54, 1.807) is 6.92 Å². The van der Waals surface area contributed by atoms with Gasteiger partial charge in [-0.25, -0.2) is 9.59 Å². The van der Waals surface area contributed by atoms with Crippen LogP contribution >= 0.6 is 0 Å². The van der Waals surface area contributed by atoms with Gasteiger partial charge in [0.1, 0.15) is 24.3 Å². The zero-order valence-corrected chi connectivity index (χ0v) is 13.4. The van der Waals surface area contributed by atoms with Crippen molar-refractivity contribution >= 4 is 11.9 Å². The van der Waals surface area contributed by atoms with Crippen molar-refractivity contribution < 1.29 is 34.4 Å². The minimum absolute atomic E-state index is 0.182. The maximum Gasteiger partial charge on any atom is 0.373 e. The Kier molecular flexibility index (Phi) is 7.47. The second kappa shape index (κ2) is 9.09. The van der Waals surface area contributed by atoms with Crippen molar-refractivity contribution in [2.45, 2.75) is 37.3 Å². The van der Waals surface area contributed by atoms with Crippen LogP contribution in [0.3, 0.4) is 0 Å². The maximum absolute atomic E-state index is 11.8. The molecule has 4 unspecified atom stereocenters. The van der Waals surface area contributed by atoms with E-state index in [9.17, 15) is 19.8 Å². The SMILES string of the molecule is C=C(C)NC1C=C(C(=O)OC)O[C@@H](C(O)C(O)CO)C1NC=C=O. The lowest BCUT2D eigenvalue weighted by atomic mass is 9.92. The Hall–Kier alpha value is -2.32. The molecule has 0 saturated carbocycles. The van der Waals surface area contributed by atoms with E-state index in [-0.39, 0.29) is 5.76 Å². The zero-order chi connectivity index (χ0) is 18.3. The Morgan fingerprint density at radius 3 is 2.75 bits per heavy atom. The summed E-state index contributed by atoms with van der Waals surface area (Å²) in [4.78, 5) is 22.3. The number of carbonyl (C=O) groups is 1. The summed E-state index contributed by atoms with van der Waals surface area (Å²) in [5.74, 6) is 0.583. The van der Waals surface area contributed by atoms with Crippen LogP contribution in [-0.2, 0) is 19.1 Å². The summed E-state index contributed by atoms with van der Waals surface area (Å²) in [5.41, 5.74) is 0.556. The smallest absolute Gasteiger partial charge is 0.373 e. The van der Waals surface area contributed by atoms with Crippen LogP contribution in [0.25, 0.3) is 0 Å². The molecule has 9 nitrogen and oxygen atoms in total. The predicted octanol–water partition coefficient (Wildman–Crippen LogP) is -2.05.